The van der Waals surface area contributed by atoms with Crippen LogP contribution in [-0.2, 0) is 17.8 Å². The molecule has 2 aromatic heterocycles. The fourth-order valence-corrected chi connectivity index (χ4v) is 3.05. The standard InChI is InChI=1S/C12H16BrN3OS/c1-17-3-2-14-5-11-6-16(9-15-11)7-12-4-10(13)8-18-12/h4,6,8-9,14H,2-3,5,7H2,1H3. The predicted molar refractivity (Wildman–Crippen MR) is 76.9 cm³/mol. The van der Waals surface area contributed by atoms with Crippen LogP contribution in [0.4, 0.5) is 0 Å². The zero-order valence-corrected chi connectivity index (χ0v) is 12.6. The number of hydrogen-bond acceptors (Lipinski definition) is 4. The molecule has 2 heterocycles. The van der Waals surface area contributed by atoms with Gasteiger partial charge < -0.3 is 14.6 Å². The van der Waals surface area contributed by atoms with E-state index in [0.717, 1.165) is 36.4 Å². The molecule has 2 aromatic rings. The largest absolute Gasteiger partial charge is 0.383 e. The third kappa shape index (κ3) is 4.20. The monoisotopic (exact) mass is 329 g/mol. The third-order valence-electron chi connectivity index (χ3n) is 2.44. The van der Waals surface area contributed by atoms with Gasteiger partial charge in [0.2, 0.25) is 0 Å². The molecule has 0 aliphatic rings. The zero-order chi connectivity index (χ0) is 12.8. The first-order valence-corrected chi connectivity index (χ1v) is 7.38. The van der Waals surface area contributed by atoms with E-state index in [-0.39, 0.29) is 0 Å². The van der Waals surface area contributed by atoms with E-state index in [1.54, 1.807) is 18.4 Å². The third-order valence-corrected chi connectivity index (χ3v) is 4.12. The van der Waals surface area contributed by atoms with E-state index in [1.807, 2.05) is 6.33 Å². The fourth-order valence-electron chi connectivity index (χ4n) is 1.59. The molecule has 0 atom stereocenters. The Morgan fingerprint density at radius 1 is 1.56 bits per heavy atom. The van der Waals surface area contributed by atoms with E-state index in [9.17, 15) is 0 Å². The number of nitrogens with zero attached hydrogens (tertiary/aromatic N) is 2. The van der Waals surface area contributed by atoms with Crippen molar-refractivity contribution in [3.8, 4) is 0 Å². The quantitative estimate of drug-likeness (QED) is 0.793. The highest BCUT2D eigenvalue weighted by Gasteiger charge is 2.01. The minimum absolute atomic E-state index is 0.726. The summed E-state index contributed by atoms with van der Waals surface area (Å²) in [5.74, 6) is 0. The Bertz CT molecular complexity index is 483. The van der Waals surface area contributed by atoms with Gasteiger partial charge in [-0.05, 0) is 22.0 Å². The van der Waals surface area contributed by atoms with Crippen molar-refractivity contribution in [2.24, 2.45) is 0 Å². The molecule has 0 aromatic carbocycles. The maximum atomic E-state index is 4.98. The van der Waals surface area contributed by atoms with Crippen LogP contribution in [0.3, 0.4) is 0 Å². The molecule has 0 aliphatic carbocycles. The average Bonchev–Trinajstić information content (AvgIpc) is 2.95. The molecule has 18 heavy (non-hydrogen) atoms. The lowest BCUT2D eigenvalue weighted by atomic mass is 10.4. The van der Waals surface area contributed by atoms with Crippen LogP contribution in [0, 0.1) is 0 Å². The molecule has 4 nitrogen and oxygen atoms in total. The smallest absolute Gasteiger partial charge is 0.0953 e. The van der Waals surface area contributed by atoms with Crippen LogP contribution < -0.4 is 5.32 Å². The Balaban J connectivity index is 1.82. The molecule has 6 heteroatoms. The summed E-state index contributed by atoms with van der Waals surface area (Å²) in [5.41, 5.74) is 1.06. The maximum absolute atomic E-state index is 4.98. The van der Waals surface area contributed by atoms with E-state index in [1.165, 1.54) is 4.88 Å². The Hall–Kier alpha value is -0.690. The van der Waals surface area contributed by atoms with Crippen LogP contribution >= 0.6 is 27.3 Å². The van der Waals surface area contributed by atoms with Crippen LogP contribution in [0.2, 0.25) is 0 Å². The van der Waals surface area contributed by atoms with Crippen molar-refractivity contribution in [2.45, 2.75) is 13.1 Å². The van der Waals surface area contributed by atoms with Crippen molar-refractivity contribution in [1.29, 1.82) is 0 Å². The van der Waals surface area contributed by atoms with Gasteiger partial charge in [0, 0.05) is 41.1 Å². The highest BCUT2D eigenvalue weighted by molar-refractivity contribution is 9.10. The van der Waals surface area contributed by atoms with E-state index >= 15 is 0 Å². The van der Waals surface area contributed by atoms with E-state index in [2.05, 4.69) is 48.4 Å². The summed E-state index contributed by atoms with van der Waals surface area (Å²) in [4.78, 5) is 5.69. The van der Waals surface area contributed by atoms with Gasteiger partial charge in [-0.2, -0.15) is 0 Å². The van der Waals surface area contributed by atoms with Crippen molar-refractivity contribution >= 4 is 27.3 Å². The summed E-state index contributed by atoms with van der Waals surface area (Å²) < 4.78 is 8.22. The van der Waals surface area contributed by atoms with Gasteiger partial charge in [0.1, 0.15) is 0 Å². The molecule has 98 valence electrons. The van der Waals surface area contributed by atoms with Crippen LogP contribution in [0.5, 0.6) is 0 Å². The summed E-state index contributed by atoms with van der Waals surface area (Å²) in [7, 11) is 1.70. The number of aromatic nitrogens is 2. The number of ether oxygens (including phenoxy) is 1. The number of rotatable bonds is 7. The van der Waals surface area contributed by atoms with Crippen molar-refractivity contribution < 1.29 is 4.74 Å². The van der Waals surface area contributed by atoms with E-state index < -0.39 is 0 Å². The highest BCUT2D eigenvalue weighted by Crippen LogP contribution is 2.20. The first-order valence-electron chi connectivity index (χ1n) is 5.71. The Kier molecular flexibility index (Phi) is 5.37. The molecule has 0 saturated heterocycles. The van der Waals surface area contributed by atoms with Gasteiger partial charge in [-0.15, -0.1) is 11.3 Å². The molecule has 2 rings (SSSR count). The topological polar surface area (TPSA) is 39.1 Å². The van der Waals surface area contributed by atoms with Crippen LogP contribution in [0.25, 0.3) is 0 Å². The summed E-state index contributed by atoms with van der Waals surface area (Å²) >= 11 is 5.21. The molecule has 0 spiro atoms. The first-order chi connectivity index (χ1) is 8.78. The highest BCUT2D eigenvalue weighted by atomic mass is 79.9. The molecular weight excluding hydrogens is 314 g/mol. The van der Waals surface area contributed by atoms with Crippen molar-refractivity contribution in [1.82, 2.24) is 14.9 Å². The molecule has 0 aliphatic heterocycles. The molecule has 0 bridgehead atoms. The van der Waals surface area contributed by atoms with Gasteiger partial charge in [-0.3, -0.25) is 0 Å². The molecule has 0 unspecified atom stereocenters. The van der Waals surface area contributed by atoms with E-state index in [4.69, 9.17) is 4.74 Å². The van der Waals surface area contributed by atoms with Crippen LogP contribution in [0.1, 0.15) is 10.6 Å². The lowest BCUT2D eigenvalue weighted by Gasteiger charge is -2.01. The van der Waals surface area contributed by atoms with Crippen LogP contribution in [-0.4, -0.2) is 29.8 Å². The average molecular weight is 330 g/mol. The van der Waals surface area contributed by atoms with Crippen LogP contribution in [0.15, 0.2) is 28.4 Å². The number of halogens is 1. The van der Waals surface area contributed by atoms with Gasteiger partial charge in [0.15, 0.2) is 0 Å². The molecule has 0 fully saturated rings. The van der Waals surface area contributed by atoms with Gasteiger partial charge in [-0.25, -0.2) is 4.98 Å². The lowest BCUT2D eigenvalue weighted by Crippen LogP contribution is -2.18. The minimum atomic E-state index is 0.726. The number of imidazole rings is 1. The minimum Gasteiger partial charge on any atom is -0.383 e. The van der Waals surface area contributed by atoms with Gasteiger partial charge >= 0.3 is 0 Å². The normalized spacial score (nSPS) is 11.0. The SMILES string of the molecule is COCCNCc1cn(Cc2cc(Br)cs2)cn1. The first kappa shape index (κ1) is 13.7. The summed E-state index contributed by atoms with van der Waals surface area (Å²) in [6.07, 6.45) is 3.95. The lowest BCUT2D eigenvalue weighted by molar-refractivity contribution is 0.199. The second-order valence-corrected chi connectivity index (χ2v) is 5.85. The fraction of sp³-hybridized carbons (Fsp3) is 0.417. The Morgan fingerprint density at radius 3 is 3.17 bits per heavy atom. The molecule has 0 radical (unpaired) electrons. The number of thiophene rings is 1. The van der Waals surface area contributed by atoms with Gasteiger partial charge in [0.05, 0.1) is 25.2 Å². The van der Waals surface area contributed by atoms with Crippen molar-refractivity contribution in [3.05, 3.63) is 39.0 Å². The molecular formula is C12H16BrN3OS. The number of hydrogen-bond donors (Lipinski definition) is 1. The molecule has 0 amide bonds. The number of nitrogens with one attached hydrogen (secondary N) is 1. The Morgan fingerprint density at radius 2 is 2.44 bits per heavy atom. The van der Waals surface area contributed by atoms with Gasteiger partial charge in [0.25, 0.3) is 0 Å². The molecule has 0 saturated carbocycles. The predicted octanol–water partition coefficient (Wildman–Crippen LogP) is 2.49. The number of methoxy groups -OCH3 is 1. The molecule has 1 N–H and O–H groups in total. The Labute approximate surface area is 119 Å². The maximum Gasteiger partial charge on any atom is 0.0953 e. The van der Waals surface area contributed by atoms with Gasteiger partial charge in [-0.1, -0.05) is 0 Å². The van der Waals surface area contributed by atoms with Crippen molar-refractivity contribution in [3.63, 3.8) is 0 Å². The van der Waals surface area contributed by atoms with E-state index in [0.29, 0.717) is 0 Å². The zero-order valence-electron chi connectivity index (χ0n) is 10.2. The second-order valence-electron chi connectivity index (χ2n) is 3.94. The second kappa shape index (κ2) is 7.04. The summed E-state index contributed by atoms with van der Waals surface area (Å²) in [6.45, 7) is 3.23. The summed E-state index contributed by atoms with van der Waals surface area (Å²) in [5, 5.41) is 5.37. The van der Waals surface area contributed by atoms with Crippen molar-refractivity contribution in [2.75, 3.05) is 20.3 Å². The summed E-state index contributed by atoms with van der Waals surface area (Å²) in [6, 6.07) is 2.14.